The zero-order valence-electron chi connectivity index (χ0n) is 10.7. The average Bonchev–Trinajstić information content (AvgIpc) is 2.88. The number of aromatic nitrogens is 4. The lowest BCUT2D eigenvalue weighted by Crippen LogP contribution is -2.37. The quantitative estimate of drug-likeness (QED) is 0.352. The second-order valence-electron chi connectivity index (χ2n) is 4.68. The molecule has 1 saturated heterocycles. The van der Waals surface area contributed by atoms with E-state index in [1.807, 2.05) is 0 Å². The Kier molecular flexibility index (Phi) is 3.06. The fourth-order valence-electron chi connectivity index (χ4n) is 2.42. The molecule has 114 valence electrons. The summed E-state index contributed by atoms with van der Waals surface area (Å²) in [4.78, 5) is 19.9. The van der Waals surface area contributed by atoms with Gasteiger partial charge in [0.05, 0.1) is 6.61 Å². The lowest BCUT2D eigenvalue weighted by molar-refractivity contribution is -0.0527. The van der Waals surface area contributed by atoms with E-state index >= 15 is 0 Å². The van der Waals surface area contributed by atoms with Crippen molar-refractivity contribution in [3.8, 4) is 0 Å². The Morgan fingerprint density at radius 2 is 2.05 bits per heavy atom. The van der Waals surface area contributed by atoms with Crippen LogP contribution in [0, 0.1) is 0 Å². The third-order valence-electron chi connectivity index (χ3n) is 3.48. The van der Waals surface area contributed by atoms with Gasteiger partial charge in [-0.05, 0) is 0 Å². The molecule has 2 aromatic heterocycles. The summed E-state index contributed by atoms with van der Waals surface area (Å²) in [5.41, 5.74) is 5.06. The number of anilines is 1. The van der Waals surface area contributed by atoms with Crippen LogP contribution in [0.2, 0.25) is 0 Å². The van der Waals surface area contributed by atoms with E-state index < -0.39 is 36.8 Å². The molecule has 0 aromatic carbocycles. The number of hydrogen-bond donors (Lipinski definition) is 5. The van der Waals surface area contributed by atoms with Crippen LogP contribution in [-0.4, -0.2) is 59.4 Å². The largest absolute Gasteiger partial charge is 0.394 e. The van der Waals surface area contributed by atoms with Gasteiger partial charge in [0.25, 0.3) is 0 Å². The van der Waals surface area contributed by atoms with Gasteiger partial charge in [-0.2, -0.15) is 0 Å². The van der Waals surface area contributed by atoms with Crippen molar-refractivity contribution >= 4 is 17.0 Å². The molecular formula is C10H14N6O5. The number of nitrogens with zero attached hydrogens (tertiary/aromatic N) is 4. The summed E-state index contributed by atoms with van der Waals surface area (Å²) in [6, 6.07) is 0. The molecule has 1 aliphatic heterocycles. The first-order valence-electron chi connectivity index (χ1n) is 6.08. The molecule has 3 rings (SSSR count). The summed E-state index contributed by atoms with van der Waals surface area (Å²) in [7, 11) is 0. The van der Waals surface area contributed by atoms with Gasteiger partial charge in [-0.1, -0.05) is 0 Å². The molecule has 11 heteroatoms. The molecule has 3 heterocycles. The summed E-state index contributed by atoms with van der Waals surface area (Å²) in [5, 5.41) is 28.9. The highest BCUT2D eigenvalue weighted by molar-refractivity contribution is 5.82. The van der Waals surface area contributed by atoms with E-state index in [4.69, 9.17) is 21.4 Å². The zero-order chi connectivity index (χ0) is 15.3. The van der Waals surface area contributed by atoms with Crippen molar-refractivity contribution in [3.05, 3.63) is 16.8 Å². The first kappa shape index (κ1) is 13.8. The highest BCUT2D eigenvalue weighted by atomic mass is 16.6. The number of aliphatic hydroxyl groups excluding tert-OH is 3. The number of aliphatic hydroxyl groups is 3. The molecule has 21 heavy (non-hydrogen) atoms. The standard InChI is InChI=1S/C10H14N6O5/c11-7-4-8(14-2-13-7)15(10(20)16(4)12)9-6(19)5(18)3(1-17)21-9/h2-3,5-6,9,17-19H,1,12H2,(H2,11,13,14)/t3-,5-,6-,9-/m1/s1. The van der Waals surface area contributed by atoms with Crippen molar-refractivity contribution in [1.29, 1.82) is 0 Å². The number of hydrogen-bond acceptors (Lipinski definition) is 9. The van der Waals surface area contributed by atoms with Crippen LogP contribution >= 0.6 is 0 Å². The number of ether oxygens (including phenoxy) is 1. The second kappa shape index (κ2) is 4.66. The average molecular weight is 298 g/mol. The van der Waals surface area contributed by atoms with Gasteiger partial charge in [0.2, 0.25) is 0 Å². The van der Waals surface area contributed by atoms with Gasteiger partial charge in [-0.25, -0.2) is 24.0 Å². The van der Waals surface area contributed by atoms with E-state index in [1.165, 1.54) is 0 Å². The van der Waals surface area contributed by atoms with E-state index in [1.54, 1.807) is 0 Å². The molecule has 0 unspecified atom stereocenters. The predicted octanol–water partition coefficient (Wildman–Crippen LogP) is -3.50. The van der Waals surface area contributed by atoms with Gasteiger partial charge in [-0.3, -0.25) is 0 Å². The number of imidazole rings is 1. The van der Waals surface area contributed by atoms with Crippen molar-refractivity contribution < 1.29 is 20.1 Å². The Labute approximate surface area is 117 Å². The van der Waals surface area contributed by atoms with E-state index in [0.29, 0.717) is 0 Å². The van der Waals surface area contributed by atoms with Crippen molar-refractivity contribution in [2.24, 2.45) is 0 Å². The molecule has 1 aliphatic rings. The summed E-state index contributed by atoms with van der Waals surface area (Å²) >= 11 is 0. The first-order chi connectivity index (χ1) is 9.97. The summed E-state index contributed by atoms with van der Waals surface area (Å²) in [6.07, 6.45) is -3.91. The minimum Gasteiger partial charge on any atom is -0.394 e. The third-order valence-corrected chi connectivity index (χ3v) is 3.48. The Bertz CT molecular complexity index is 741. The van der Waals surface area contributed by atoms with Crippen LogP contribution in [0.1, 0.15) is 6.23 Å². The zero-order valence-corrected chi connectivity index (χ0v) is 10.7. The van der Waals surface area contributed by atoms with Crippen molar-refractivity contribution in [3.63, 3.8) is 0 Å². The lowest BCUT2D eigenvalue weighted by Gasteiger charge is -2.15. The Balaban J connectivity index is 2.20. The smallest absolute Gasteiger partial charge is 0.351 e. The molecular weight excluding hydrogens is 284 g/mol. The molecule has 2 aromatic rings. The molecule has 0 bridgehead atoms. The number of fused-ring (bicyclic) bond motifs is 1. The van der Waals surface area contributed by atoms with Crippen molar-refractivity contribution in [2.75, 3.05) is 18.2 Å². The Hall–Kier alpha value is -2.21. The van der Waals surface area contributed by atoms with Crippen LogP contribution in [0.5, 0.6) is 0 Å². The third kappa shape index (κ3) is 1.79. The number of nitrogens with two attached hydrogens (primary N) is 2. The SMILES string of the molecule is Nc1ncnc2c1n(N)c(=O)n2[C@@H]1O[C@H](CO)[C@@H](O)[C@H]1O. The van der Waals surface area contributed by atoms with Gasteiger partial charge in [0, 0.05) is 0 Å². The summed E-state index contributed by atoms with van der Waals surface area (Å²) in [5.74, 6) is 5.62. The van der Waals surface area contributed by atoms with Crippen molar-refractivity contribution in [1.82, 2.24) is 19.2 Å². The van der Waals surface area contributed by atoms with E-state index in [0.717, 1.165) is 15.6 Å². The van der Waals surface area contributed by atoms with Crippen LogP contribution in [0.15, 0.2) is 11.1 Å². The van der Waals surface area contributed by atoms with Crippen LogP contribution in [0.4, 0.5) is 5.82 Å². The maximum Gasteiger partial charge on any atom is 0.351 e. The Morgan fingerprint density at radius 3 is 2.67 bits per heavy atom. The minimum absolute atomic E-state index is 0.00917. The molecule has 0 amide bonds. The molecule has 0 saturated carbocycles. The summed E-state index contributed by atoms with van der Waals surface area (Å²) < 4.78 is 7.01. The number of rotatable bonds is 2. The van der Waals surface area contributed by atoms with Crippen LogP contribution in [0.25, 0.3) is 11.2 Å². The molecule has 11 nitrogen and oxygen atoms in total. The minimum atomic E-state index is -1.43. The van der Waals surface area contributed by atoms with Gasteiger partial charge >= 0.3 is 5.69 Å². The van der Waals surface area contributed by atoms with Gasteiger partial charge in [0.15, 0.2) is 23.2 Å². The first-order valence-corrected chi connectivity index (χ1v) is 6.08. The maximum atomic E-state index is 12.2. The fraction of sp³-hybridized carbons (Fsp3) is 0.500. The monoisotopic (exact) mass is 298 g/mol. The molecule has 7 N–H and O–H groups in total. The van der Waals surface area contributed by atoms with Gasteiger partial charge in [-0.15, -0.1) is 0 Å². The Morgan fingerprint density at radius 1 is 1.33 bits per heavy atom. The van der Waals surface area contributed by atoms with E-state index in [9.17, 15) is 15.0 Å². The van der Waals surface area contributed by atoms with Gasteiger partial charge < -0.3 is 31.6 Å². The lowest BCUT2D eigenvalue weighted by atomic mass is 10.1. The molecule has 0 radical (unpaired) electrons. The number of nitrogen functional groups attached to an aromatic ring is 2. The maximum absolute atomic E-state index is 12.2. The molecule has 1 fully saturated rings. The molecule has 0 aliphatic carbocycles. The molecule has 0 spiro atoms. The second-order valence-corrected chi connectivity index (χ2v) is 4.68. The topological polar surface area (TPSA) is 175 Å². The highest BCUT2D eigenvalue weighted by Crippen LogP contribution is 2.30. The van der Waals surface area contributed by atoms with E-state index in [2.05, 4.69) is 9.97 Å². The van der Waals surface area contributed by atoms with Gasteiger partial charge in [0.1, 0.15) is 24.6 Å². The molecule has 4 atom stereocenters. The van der Waals surface area contributed by atoms with Crippen LogP contribution in [0.3, 0.4) is 0 Å². The van der Waals surface area contributed by atoms with Crippen LogP contribution in [-0.2, 0) is 4.74 Å². The highest BCUT2D eigenvalue weighted by Gasteiger charge is 2.45. The normalized spacial score (nSPS) is 29.3. The summed E-state index contributed by atoms with van der Waals surface area (Å²) in [6.45, 7) is -0.512. The van der Waals surface area contributed by atoms with Crippen LogP contribution < -0.4 is 17.3 Å². The van der Waals surface area contributed by atoms with E-state index in [-0.39, 0.29) is 17.0 Å². The van der Waals surface area contributed by atoms with Crippen molar-refractivity contribution in [2.45, 2.75) is 24.5 Å². The fourth-order valence-corrected chi connectivity index (χ4v) is 2.42. The predicted molar refractivity (Wildman–Crippen MR) is 69.4 cm³/mol.